The van der Waals surface area contributed by atoms with Crippen LogP contribution < -0.4 is 0 Å². The lowest BCUT2D eigenvalue weighted by Gasteiger charge is -2.17. The van der Waals surface area contributed by atoms with Crippen LogP contribution in [0.4, 0.5) is 8.78 Å². The number of pyridine rings is 1. The number of hydrogen-bond donors (Lipinski definition) is 0. The van der Waals surface area contributed by atoms with Crippen LogP contribution in [-0.4, -0.2) is 50.1 Å². The Kier molecular flexibility index (Phi) is 19.7. The van der Waals surface area contributed by atoms with Crippen molar-refractivity contribution in [2.24, 2.45) is 9.98 Å². The van der Waals surface area contributed by atoms with Crippen molar-refractivity contribution < 1.29 is 13.5 Å². The summed E-state index contributed by atoms with van der Waals surface area (Å²) in [6.07, 6.45) is 1.87. The van der Waals surface area contributed by atoms with E-state index in [-0.39, 0.29) is 5.76 Å². The van der Waals surface area contributed by atoms with Crippen molar-refractivity contribution in [2.45, 2.75) is 53.6 Å². The molecule has 0 saturated heterocycles. The van der Waals surface area contributed by atoms with Gasteiger partial charge in [0, 0.05) is 45.1 Å². The zero-order chi connectivity index (χ0) is 31.2. The second-order valence-corrected chi connectivity index (χ2v) is 8.76. The van der Waals surface area contributed by atoms with Crippen molar-refractivity contribution in [1.29, 1.82) is 0 Å². The molecule has 0 N–H and O–H groups in total. The van der Waals surface area contributed by atoms with E-state index in [0.29, 0.717) is 5.56 Å². The second kappa shape index (κ2) is 21.8. The number of aromatic nitrogens is 1. The molecule has 0 bridgehead atoms. The van der Waals surface area contributed by atoms with E-state index in [2.05, 4.69) is 83.2 Å². The summed E-state index contributed by atoms with van der Waals surface area (Å²) in [5.74, 6) is -0.442. The normalized spacial score (nSPS) is 10.3. The van der Waals surface area contributed by atoms with E-state index in [1.807, 2.05) is 52.2 Å². The maximum Gasteiger partial charge on any atom is 0.312 e. The molecule has 2 aromatic carbocycles. The molecule has 1 heterocycles. The molecule has 0 saturated carbocycles. The van der Waals surface area contributed by atoms with Crippen LogP contribution in [0.15, 0.2) is 96.2 Å². The molecule has 0 amide bonds. The zero-order valence-electron chi connectivity index (χ0n) is 25.7. The Hall–Kier alpha value is -3.97. The van der Waals surface area contributed by atoms with E-state index in [0.717, 1.165) is 25.1 Å². The number of aryl methyl sites for hydroxylation is 1. The van der Waals surface area contributed by atoms with Crippen molar-refractivity contribution in [2.75, 3.05) is 21.1 Å². The Morgan fingerprint density at radius 1 is 0.854 bits per heavy atom. The smallest absolute Gasteiger partial charge is 0.312 e. The number of rotatable bonds is 9. The van der Waals surface area contributed by atoms with Crippen molar-refractivity contribution in [3.05, 3.63) is 114 Å². The molecule has 0 atom stereocenters. The Labute approximate surface area is 246 Å². The van der Waals surface area contributed by atoms with Gasteiger partial charge in [-0.2, -0.15) is 8.78 Å². The average molecular weight is 565 g/mol. The lowest BCUT2D eigenvalue weighted by atomic mass is 10.1. The first-order chi connectivity index (χ1) is 19.6. The fraction of sp³-hybridized carbons (Fsp3) is 0.324. The van der Waals surface area contributed by atoms with Gasteiger partial charge in [0.15, 0.2) is 0 Å². The minimum Gasteiger partial charge on any atom is -0.438 e. The molecule has 0 spiro atoms. The molecule has 222 valence electrons. The maximum atomic E-state index is 12.4. The van der Waals surface area contributed by atoms with Gasteiger partial charge in [-0.05, 0) is 61.5 Å². The third-order valence-electron chi connectivity index (χ3n) is 5.42. The number of aliphatic imine (C=N–C) groups is 2. The predicted octanol–water partition coefficient (Wildman–Crippen LogP) is 8.62. The number of nitrogens with zero attached hydrogens (tertiary/aromatic N) is 4. The number of allylic oxidation sites excluding steroid dienone is 1. The van der Waals surface area contributed by atoms with Crippen LogP contribution >= 0.6 is 0 Å². The van der Waals surface area contributed by atoms with Gasteiger partial charge in [0.2, 0.25) is 0 Å². The molecule has 1 aromatic heterocycles. The highest BCUT2D eigenvalue weighted by Crippen LogP contribution is 2.17. The molecule has 0 radical (unpaired) electrons. The largest absolute Gasteiger partial charge is 0.438 e. The summed E-state index contributed by atoms with van der Waals surface area (Å²) < 4.78 is 29.7. The van der Waals surface area contributed by atoms with Gasteiger partial charge in [-0.1, -0.05) is 88.0 Å². The molecule has 0 aliphatic carbocycles. The van der Waals surface area contributed by atoms with E-state index in [1.54, 1.807) is 19.2 Å². The van der Waals surface area contributed by atoms with E-state index >= 15 is 0 Å². The van der Waals surface area contributed by atoms with Crippen LogP contribution in [0.25, 0.3) is 11.3 Å². The second-order valence-electron chi connectivity index (χ2n) is 8.76. The van der Waals surface area contributed by atoms with Gasteiger partial charge in [0.1, 0.15) is 5.76 Å². The molecule has 41 heavy (non-hydrogen) atoms. The monoisotopic (exact) mass is 564 g/mol. The van der Waals surface area contributed by atoms with Crippen molar-refractivity contribution in [1.82, 2.24) is 9.88 Å². The molecular weight excluding hydrogens is 518 g/mol. The topological polar surface area (TPSA) is 50.1 Å². The summed E-state index contributed by atoms with van der Waals surface area (Å²) in [4.78, 5) is 13.0. The minimum atomic E-state index is -2.73. The van der Waals surface area contributed by atoms with Gasteiger partial charge < -0.3 is 9.73 Å². The molecule has 7 heteroatoms. The average Bonchev–Trinajstić information content (AvgIpc) is 2.98. The standard InChI is InChI=1S/C17H20N2.C13H15F2NO.C2H5N.C2H6/c1-14(2)17-6-4-15(5-7-17)12-19(3)13-16-8-10-18-11-9-16;1-4-10-5-7-11(8-6-10)9(2)17-13(16-3)12(14)15;1-3-2;1-2/h4-11H,1,12-13H2,2-3H3;5-8,12H,2,4H2,1,3H3;1H2,2H3;1-2H3. The van der Waals surface area contributed by atoms with Crippen LogP contribution in [0.3, 0.4) is 0 Å². The lowest BCUT2D eigenvalue weighted by molar-refractivity contribution is 0.196. The number of ether oxygens (including phenoxy) is 1. The number of halogens is 2. The van der Waals surface area contributed by atoms with Crippen LogP contribution in [0, 0.1) is 0 Å². The van der Waals surface area contributed by atoms with E-state index in [1.165, 1.54) is 29.3 Å². The fourth-order valence-electron chi connectivity index (χ4n) is 3.36. The van der Waals surface area contributed by atoms with Gasteiger partial charge >= 0.3 is 6.43 Å². The molecular formula is C34H46F2N4O. The predicted molar refractivity (Wildman–Crippen MR) is 173 cm³/mol. The summed E-state index contributed by atoms with van der Waals surface area (Å²) in [6, 6.07) is 20.1. The van der Waals surface area contributed by atoms with Crippen molar-refractivity contribution in [3.63, 3.8) is 0 Å². The number of hydrogen-bond acceptors (Lipinski definition) is 5. The van der Waals surface area contributed by atoms with Gasteiger partial charge in [-0.3, -0.25) is 14.9 Å². The molecule has 0 fully saturated rings. The van der Waals surface area contributed by atoms with Crippen LogP contribution in [0.1, 0.15) is 55.5 Å². The van der Waals surface area contributed by atoms with E-state index in [9.17, 15) is 8.78 Å². The summed E-state index contributed by atoms with van der Waals surface area (Å²) in [6.45, 7) is 20.6. The summed E-state index contributed by atoms with van der Waals surface area (Å²) in [5.41, 5.74) is 6.76. The highest BCUT2D eigenvalue weighted by Gasteiger charge is 2.16. The number of alkyl halides is 2. The Bertz CT molecular complexity index is 1180. The third kappa shape index (κ3) is 15.4. The quantitative estimate of drug-likeness (QED) is 0.149. The lowest BCUT2D eigenvalue weighted by Crippen LogP contribution is -2.17. The molecule has 5 nitrogen and oxygen atoms in total. The Balaban J connectivity index is 0.000000678. The van der Waals surface area contributed by atoms with Crippen LogP contribution in [0.5, 0.6) is 0 Å². The van der Waals surface area contributed by atoms with Crippen LogP contribution in [0.2, 0.25) is 0 Å². The third-order valence-corrected chi connectivity index (χ3v) is 5.42. The van der Waals surface area contributed by atoms with Gasteiger partial charge in [0.25, 0.3) is 5.90 Å². The first kappa shape index (κ1) is 37.0. The van der Waals surface area contributed by atoms with Crippen molar-refractivity contribution >= 4 is 23.9 Å². The Morgan fingerprint density at radius 2 is 1.29 bits per heavy atom. The first-order valence-corrected chi connectivity index (χ1v) is 13.5. The SMILES string of the molecule is C=C(C)c1ccc(CN(C)Cc2ccncc2)cc1.C=C(OC(=NC)C(F)F)c1ccc(CC)cc1.C=NC.CC. The summed E-state index contributed by atoms with van der Waals surface area (Å²) in [5, 5.41) is 0. The molecule has 3 aromatic rings. The first-order valence-electron chi connectivity index (χ1n) is 13.5. The maximum absolute atomic E-state index is 12.4. The zero-order valence-corrected chi connectivity index (χ0v) is 25.7. The molecule has 0 unspecified atom stereocenters. The van der Waals surface area contributed by atoms with Gasteiger partial charge in [0.05, 0.1) is 0 Å². The highest BCUT2D eigenvalue weighted by molar-refractivity contribution is 5.84. The van der Waals surface area contributed by atoms with Gasteiger partial charge in [-0.25, -0.2) is 0 Å². The molecule has 0 aliphatic heterocycles. The summed E-state index contributed by atoms with van der Waals surface area (Å²) in [7, 11) is 5.03. The minimum absolute atomic E-state index is 0.175. The van der Waals surface area contributed by atoms with Gasteiger partial charge in [-0.15, -0.1) is 0 Å². The van der Waals surface area contributed by atoms with E-state index in [4.69, 9.17) is 4.74 Å². The van der Waals surface area contributed by atoms with E-state index < -0.39 is 12.3 Å². The fourth-order valence-corrected chi connectivity index (χ4v) is 3.36. The number of benzene rings is 2. The van der Waals surface area contributed by atoms with Crippen LogP contribution in [-0.2, 0) is 24.2 Å². The highest BCUT2D eigenvalue weighted by atomic mass is 19.3. The summed E-state index contributed by atoms with van der Waals surface area (Å²) >= 11 is 0. The Morgan fingerprint density at radius 3 is 1.71 bits per heavy atom. The van der Waals surface area contributed by atoms with Crippen molar-refractivity contribution in [3.8, 4) is 0 Å². The molecule has 0 aliphatic rings. The molecule has 3 rings (SSSR count).